The number of unbranched alkanes of at least 4 members (excludes halogenated alkanes) is 3. The maximum Gasteiger partial charge on any atom is 0.142 e. The van der Waals surface area contributed by atoms with Gasteiger partial charge in [-0.2, -0.15) is 0 Å². The molecular formula is C20H22Cl2N2O. The number of hydrogen-bond acceptors (Lipinski definition) is 2. The van der Waals surface area contributed by atoms with E-state index in [1.807, 2.05) is 24.3 Å². The first-order valence-corrected chi connectivity index (χ1v) is 9.39. The molecule has 132 valence electrons. The van der Waals surface area contributed by atoms with Crippen LogP contribution in [0.4, 0.5) is 0 Å². The lowest BCUT2D eigenvalue weighted by molar-refractivity contribution is 0.415. The second-order valence-corrected chi connectivity index (χ2v) is 6.97. The van der Waals surface area contributed by atoms with Crippen LogP contribution in [0.25, 0.3) is 22.4 Å². The summed E-state index contributed by atoms with van der Waals surface area (Å²) in [5.74, 6) is 1.68. The predicted molar refractivity (Wildman–Crippen MR) is 106 cm³/mol. The van der Waals surface area contributed by atoms with Gasteiger partial charge >= 0.3 is 0 Å². The molecule has 2 aromatic carbocycles. The maximum atomic E-state index is 6.44. The van der Waals surface area contributed by atoms with Crippen LogP contribution in [0, 0.1) is 0 Å². The first kappa shape index (κ1) is 18.1. The van der Waals surface area contributed by atoms with Crippen LogP contribution in [0.15, 0.2) is 36.4 Å². The third-order valence-electron chi connectivity index (χ3n) is 4.36. The molecule has 5 heteroatoms. The van der Waals surface area contributed by atoms with Crippen molar-refractivity contribution in [3.05, 3.63) is 46.4 Å². The standard InChI is InChI=1S/C20H22Cl2N2O/c1-3-4-5-6-11-24-19-10-8-15(25-2)13-18(19)23-20(24)16-9-7-14(21)12-17(16)22/h7-10,12-13H,3-6,11H2,1-2H3. The summed E-state index contributed by atoms with van der Waals surface area (Å²) in [5.41, 5.74) is 2.91. The van der Waals surface area contributed by atoms with Crippen LogP contribution >= 0.6 is 23.2 Å². The van der Waals surface area contributed by atoms with E-state index >= 15 is 0 Å². The van der Waals surface area contributed by atoms with Gasteiger partial charge in [-0.3, -0.25) is 0 Å². The van der Waals surface area contributed by atoms with E-state index in [2.05, 4.69) is 17.6 Å². The molecule has 0 unspecified atom stereocenters. The molecule has 0 radical (unpaired) electrons. The van der Waals surface area contributed by atoms with Crippen LogP contribution in [0.1, 0.15) is 32.6 Å². The summed E-state index contributed by atoms with van der Waals surface area (Å²) in [4.78, 5) is 4.84. The molecule has 0 amide bonds. The smallest absolute Gasteiger partial charge is 0.142 e. The lowest BCUT2D eigenvalue weighted by Crippen LogP contribution is -2.01. The lowest BCUT2D eigenvalue weighted by atomic mass is 10.2. The van der Waals surface area contributed by atoms with Crippen molar-refractivity contribution >= 4 is 34.2 Å². The number of rotatable bonds is 7. The molecule has 0 aliphatic rings. The summed E-state index contributed by atoms with van der Waals surface area (Å²) in [7, 11) is 1.67. The number of nitrogens with zero attached hydrogens (tertiary/aromatic N) is 2. The van der Waals surface area contributed by atoms with Crippen LogP contribution in [0.3, 0.4) is 0 Å². The van der Waals surface area contributed by atoms with Gasteiger partial charge in [0.2, 0.25) is 0 Å². The monoisotopic (exact) mass is 376 g/mol. The fourth-order valence-electron chi connectivity index (χ4n) is 3.04. The highest BCUT2D eigenvalue weighted by molar-refractivity contribution is 6.36. The molecule has 0 N–H and O–H groups in total. The largest absolute Gasteiger partial charge is 0.497 e. The molecule has 1 heterocycles. The summed E-state index contributed by atoms with van der Waals surface area (Å²) in [6.45, 7) is 3.13. The Labute approximate surface area is 158 Å². The van der Waals surface area contributed by atoms with E-state index in [9.17, 15) is 0 Å². The summed E-state index contributed by atoms with van der Waals surface area (Å²) in [6.07, 6.45) is 4.79. The molecule has 0 bridgehead atoms. The van der Waals surface area contributed by atoms with Crippen LogP contribution in [-0.2, 0) is 6.54 Å². The van der Waals surface area contributed by atoms with E-state index < -0.39 is 0 Å². The summed E-state index contributed by atoms with van der Waals surface area (Å²) < 4.78 is 7.59. The van der Waals surface area contributed by atoms with Crippen molar-refractivity contribution in [2.45, 2.75) is 39.2 Å². The van der Waals surface area contributed by atoms with Crippen LogP contribution < -0.4 is 4.74 Å². The number of hydrogen-bond donors (Lipinski definition) is 0. The molecule has 0 aliphatic carbocycles. The highest BCUT2D eigenvalue weighted by Gasteiger charge is 2.16. The van der Waals surface area contributed by atoms with E-state index in [1.54, 1.807) is 13.2 Å². The minimum atomic E-state index is 0.615. The minimum Gasteiger partial charge on any atom is -0.497 e. The van der Waals surface area contributed by atoms with Crippen molar-refractivity contribution in [3.63, 3.8) is 0 Å². The molecule has 25 heavy (non-hydrogen) atoms. The minimum absolute atomic E-state index is 0.615. The Bertz CT molecular complexity index is 874. The van der Waals surface area contributed by atoms with Gasteiger partial charge in [0.1, 0.15) is 11.6 Å². The van der Waals surface area contributed by atoms with Crippen LogP contribution in [0.5, 0.6) is 5.75 Å². The number of halogens is 2. The van der Waals surface area contributed by atoms with Gasteiger partial charge in [0.05, 0.1) is 23.2 Å². The third kappa shape index (κ3) is 3.94. The SMILES string of the molecule is CCCCCCn1c(-c2ccc(Cl)cc2Cl)nc2cc(OC)ccc21. The highest BCUT2D eigenvalue weighted by atomic mass is 35.5. The van der Waals surface area contributed by atoms with Gasteiger partial charge in [-0.1, -0.05) is 49.4 Å². The zero-order valence-electron chi connectivity index (χ0n) is 14.6. The van der Waals surface area contributed by atoms with Crippen molar-refractivity contribution in [2.24, 2.45) is 0 Å². The molecule has 3 aromatic rings. The summed E-state index contributed by atoms with van der Waals surface area (Å²) >= 11 is 12.5. The highest BCUT2D eigenvalue weighted by Crippen LogP contribution is 2.33. The number of fused-ring (bicyclic) bond motifs is 1. The number of ether oxygens (including phenoxy) is 1. The summed E-state index contributed by atoms with van der Waals surface area (Å²) in [5, 5.41) is 1.24. The third-order valence-corrected chi connectivity index (χ3v) is 4.91. The van der Waals surface area contributed by atoms with Crippen molar-refractivity contribution in [1.29, 1.82) is 0 Å². The first-order valence-electron chi connectivity index (χ1n) is 8.63. The zero-order chi connectivity index (χ0) is 17.8. The van der Waals surface area contributed by atoms with E-state index in [-0.39, 0.29) is 0 Å². The Morgan fingerprint density at radius 1 is 1.04 bits per heavy atom. The molecule has 0 aliphatic heterocycles. The molecule has 3 nitrogen and oxygen atoms in total. The lowest BCUT2D eigenvalue weighted by Gasteiger charge is -2.11. The number of aromatic nitrogens is 2. The fourth-order valence-corrected chi connectivity index (χ4v) is 3.53. The van der Waals surface area contributed by atoms with Crippen molar-refractivity contribution in [2.75, 3.05) is 7.11 Å². The van der Waals surface area contributed by atoms with Crippen molar-refractivity contribution in [3.8, 4) is 17.1 Å². The average Bonchev–Trinajstić information content (AvgIpc) is 2.96. The molecular weight excluding hydrogens is 355 g/mol. The van der Waals surface area contributed by atoms with Gasteiger partial charge in [-0.05, 0) is 36.8 Å². The Balaban J connectivity index is 2.08. The van der Waals surface area contributed by atoms with Gasteiger partial charge in [-0.25, -0.2) is 4.98 Å². The first-order chi connectivity index (χ1) is 12.1. The van der Waals surface area contributed by atoms with Gasteiger partial charge < -0.3 is 9.30 Å². The maximum absolute atomic E-state index is 6.44. The number of benzene rings is 2. The second-order valence-electron chi connectivity index (χ2n) is 6.13. The van der Waals surface area contributed by atoms with Gasteiger partial charge in [-0.15, -0.1) is 0 Å². The number of methoxy groups -OCH3 is 1. The molecule has 0 spiro atoms. The normalized spacial score (nSPS) is 11.2. The zero-order valence-corrected chi connectivity index (χ0v) is 16.1. The fraction of sp³-hybridized carbons (Fsp3) is 0.350. The Morgan fingerprint density at radius 3 is 2.60 bits per heavy atom. The molecule has 3 rings (SSSR count). The Kier molecular flexibility index (Phi) is 5.87. The predicted octanol–water partition coefficient (Wildman–Crippen LogP) is 6.60. The average molecular weight is 377 g/mol. The van der Waals surface area contributed by atoms with Gasteiger partial charge in [0, 0.05) is 23.2 Å². The van der Waals surface area contributed by atoms with E-state index in [0.717, 1.165) is 41.1 Å². The number of imidazole rings is 1. The summed E-state index contributed by atoms with van der Waals surface area (Å²) in [6, 6.07) is 11.6. The molecule has 0 saturated heterocycles. The van der Waals surface area contributed by atoms with E-state index in [1.165, 1.54) is 19.3 Å². The molecule has 0 atom stereocenters. The van der Waals surface area contributed by atoms with Gasteiger partial charge in [0.15, 0.2) is 0 Å². The van der Waals surface area contributed by atoms with Crippen molar-refractivity contribution in [1.82, 2.24) is 9.55 Å². The molecule has 0 fully saturated rings. The van der Waals surface area contributed by atoms with Crippen LogP contribution in [0.2, 0.25) is 10.0 Å². The number of aryl methyl sites for hydroxylation is 1. The second kappa shape index (κ2) is 8.11. The van der Waals surface area contributed by atoms with Crippen LogP contribution in [-0.4, -0.2) is 16.7 Å². The van der Waals surface area contributed by atoms with E-state index in [4.69, 9.17) is 32.9 Å². The quantitative estimate of drug-likeness (QED) is 0.434. The van der Waals surface area contributed by atoms with E-state index in [0.29, 0.717) is 10.0 Å². The Morgan fingerprint density at radius 2 is 1.88 bits per heavy atom. The molecule has 0 saturated carbocycles. The molecule has 1 aromatic heterocycles. The van der Waals surface area contributed by atoms with Crippen molar-refractivity contribution < 1.29 is 4.74 Å². The topological polar surface area (TPSA) is 27.1 Å². The van der Waals surface area contributed by atoms with Gasteiger partial charge in [0.25, 0.3) is 0 Å². The Hall–Kier alpha value is -1.71.